The maximum atomic E-state index is 2.32. The van der Waals surface area contributed by atoms with Gasteiger partial charge < -0.3 is 0 Å². The van der Waals surface area contributed by atoms with Gasteiger partial charge in [-0.2, -0.15) is 0 Å². The van der Waals surface area contributed by atoms with Crippen molar-refractivity contribution in [1.82, 2.24) is 0 Å². The first-order valence-corrected chi connectivity index (χ1v) is 6.23. The van der Waals surface area contributed by atoms with Crippen molar-refractivity contribution in [2.45, 2.75) is 33.6 Å². The first-order valence-electron chi connectivity index (χ1n) is 6.23. The van der Waals surface area contributed by atoms with Gasteiger partial charge in [0.15, 0.2) is 0 Å². The Bertz CT molecular complexity index is 488. The van der Waals surface area contributed by atoms with E-state index in [-0.39, 0.29) is 0 Å². The van der Waals surface area contributed by atoms with Gasteiger partial charge in [-0.25, -0.2) is 0 Å². The summed E-state index contributed by atoms with van der Waals surface area (Å²) in [6.45, 7) is 6.61. The minimum Gasteiger partial charge on any atom is -0.0693 e. The number of allylic oxidation sites excluding steroid dienone is 12. The molecule has 0 spiro atoms. The average Bonchev–Trinajstić information content (AvgIpc) is 2.56. The van der Waals surface area contributed by atoms with E-state index in [4.69, 9.17) is 0 Å². The van der Waals surface area contributed by atoms with Gasteiger partial charge >= 0.3 is 0 Å². The quantitative estimate of drug-likeness (QED) is 0.585. The Labute approximate surface area is 104 Å². The zero-order valence-corrected chi connectivity index (χ0v) is 11.0. The summed E-state index contributed by atoms with van der Waals surface area (Å²) in [6.07, 6.45) is 17.7. The third kappa shape index (κ3) is 3.20. The molecule has 0 bridgehead atoms. The van der Waals surface area contributed by atoms with E-state index >= 15 is 0 Å². The molecule has 0 aromatic carbocycles. The van der Waals surface area contributed by atoms with Crippen LogP contribution in [-0.4, -0.2) is 0 Å². The standard InChI is InChI=1S/C17H20/c1-13-6-4-5-7-16(11-13)17-9-8-14(2)10-15(3)12-17/h4-9,12H,10-11H2,1-3H3. The summed E-state index contributed by atoms with van der Waals surface area (Å²) in [5, 5.41) is 0. The molecule has 0 atom stereocenters. The molecule has 0 nitrogen and oxygen atoms in total. The summed E-state index contributed by atoms with van der Waals surface area (Å²) in [7, 11) is 0. The highest BCUT2D eigenvalue weighted by Crippen LogP contribution is 2.27. The van der Waals surface area contributed by atoms with Crippen molar-refractivity contribution in [3.05, 3.63) is 70.4 Å². The van der Waals surface area contributed by atoms with E-state index < -0.39 is 0 Å². The van der Waals surface area contributed by atoms with Crippen LogP contribution in [-0.2, 0) is 0 Å². The summed E-state index contributed by atoms with van der Waals surface area (Å²) >= 11 is 0. The highest BCUT2D eigenvalue weighted by Gasteiger charge is 2.07. The zero-order valence-electron chi connectivity index (χ0n) is 11.0. The minimum atomic E-state index is 1.05. The molecule has 0 saturated heterocycles. The molecule has 2 aliphatic rings. The van der Waals surface area contributed by atoms with Gasteiger partial charge in [-0.15, -0.1) is 0 Å². The fraction of sp³-hybridized carbons (Fsp3) is 0.294. The Hall–Kier alpha value is -1.56. The minimum absolute atomic E-state index is 1.05. The van der Waals surface area contributed by atoms with Gasteiger partial charge in [0.2, 0.25) is 0 Å². The molecule has 0 aromatic rings. The molecule has 0 saturated carbocycles. The van der Waals surface area contributed by atoms with Gasteiger partial charge in [0, 0.05) is 0 Å². The van der Waals surface area contributed by atoms with Crippen molar-refractivity contribution in [3.63, 3.8) is 0 Å². The zero-order chi connectivity index (χ0) is 12.3. The summed E-state index contributed by atoms with van der Waals surface area (Å²) < 4.78 is 0. The van der Waals surface area contributed by atoms with E-state index in [9.17, 15) is 0 Å². The lowest BCUT2D eigenvalue weighted by atomic mass is 9.97. The Morgan fingerprint density at radius 2 is 1.41 bits per heavy atom. The van der Waals surface area contributed by atoms with E-state index in [0.29, 0.717) is 0 Å². The van der Waals surface area contributed by atoms with Gasteiger partial charge in [-0.05, 0) is 44.8 Å². The molecule has 2 aliphatic carbocycles. The molecular weight excluding hydrogens is 204 g/mol. The van der Waals surface area contributed by atoms with Gasteiger partial charge in [-0.3, -0.25) is 0 Å². The molecule has 0 unspecified atom stereocenters. The van der Waals surface area contributed by atoms with Crippen LogP contribution in [0.1, 0.15) is 33.6 Å². The lowest BCUT2D eigenvalue weighted by Crippen LogP contribution is -1.89. The molecule has 0 heteroatoms. The van der Waals surface area contributed by atoms with E-state index in [1.54, 1.807) is 0 Å². The molecule has 0 heterocycles. The van der Waals surface area contributed by atoms with Crippen molar-refractivity contribution in [3.8, 4) is 0 Å². The van der Waals surface area contributed by atoms with Gasteiger partial charge in [0.05, 0.1) is 0 Å². The SMILES string of the molecule is CC1=CC=C(C2=CC=CC=C(C)C2)C=C(C)C1. The lowest BCUT2D eigenvalue weighted by Gasteiger charge is -2.08. The molecular formula is C17H20. The van der Waals surface area contributed by atoms with Crippen molar-refractivity contribution >= 4 is 0 Å². The maximum Gasteiger partial charge on any atom is -0.00608 e. The first-order chi connectivity index (χ1) is 8.15. The van der Waals surface area contributed by atoms with Gasteiger partial charge in [0.1, 0.15) is 0 Å². The van der Waals surface area contributed by atoms with E-state index in [2.05, 4.69) is 63.3 Å². The first kappa shape index (κ1) is 11.9. The third-order valence-electron chi connectivity index (χ3n) is 3.14. The second-order valence-electron chi connectivity index (χ2n) is 5.07. The Kier molecular flexibility index (Phi) is 3.63. The van der Waals surface area contributed by atoms with Gasteiger partial charge in [-0.1, -0.05) is 59.3 Å². The van der Waals surface area contributed by atoms with Crippen LogP contribution in [0.25, 0.3) is 0 Å². The second kappa shape index (κ2) is 5.18. The second-order valence-corrected chi connectivity index (χ2v) is 5.07. The van der Waals surface area contributed by atoms with Crippen LogP contribution in [0.2, 0.25) is 0 Å². The van der Waals surface area contributed by atoms with E-state index in [1.807, 2.05) is 0 Å². The van der Waals surface area contributed by atoms with E-state index in [0.717, 1.165) is 12.8 Å². The molecule has 17 heavy (non-hydrogen) atoms. The van der Waals surface area contributed by atoms with Crippen molar-refractivity contribution in [2.75, 3.05) is 0 Å². The lowest BCUT2D eigenvalue weighted by molar-refractivity contribution is 1.10. The van der Waals surface area contributed by atoms with Crippen LogP contribution in [0.4, 0.5) is 0 Å². The smallest absolute Gasteiger partial charge is 0.00608 e. The fourth-order valence-electron chi connectivity index (χ4n) is 2.30. The summed E-state index contributed by atoms with van der Waals surface area (Å²) in [5.41, 5.74) is 7.07. The van der Waals surface area contributed by atoms with Crippen LogP contribution in [0.15, 0.2) is 70.4 Å². The topological polar surface area (TPSA) is 0 Å². The van der Waals surface area contributed by atoms with Crippen molar-refractivity contribution in [2.24, 2.45) is 0 Å². The number of hydrogen-bond donors (Lipinski definition) is 0. The Balaban J connectivity index is 2.34. The predicted octanol–water partition coefficient (Wildman–Crippen LogP) is 5.04. The monoisotopic (exact) mass is 224 g/mol. The summed E-state index contributed by atoms with van der Waals surface area (Å²) in [5.74, 6) is 0. The van der Waals surface area contributed by atoms with Crippen LogP contribution in [0.5, 0.6) is 0 Å². The van der Waals surface area contributed by atoms with E-state index in [1.165, 1.54) is 27.9 Å². The molecule has 0 N–H and O–H groups in total. The van der Waals surface area contributed by atoms with Crippen LogP contribution >= 0.6 is 0 Å². The third-order valence-corrected chi connectivity index (χ3v) is 3.14. The molecule has 2 rings (SSSR count). The molecule has 0 radical (unpaired) electrons. The number of hydrogen-bond acceptors (Lipinski definition) is 0. The summed E-state index contributed by atoms with van der Waals surface area (Å²) in [6, 6.07) is 0. The highest BCUT2D eigenvalue weighted by atomic mass is 14.1. The molecule has 0 aromatic heterocycles. The van der Waals surface area contributed by atoms with Crippen LogP contribution in [0, 0.1) is 0 Å². The molecule has 0 aliphatic heterocycles. The Morgan fingerprint density at radius 3 is 2.24 bits per heavy atom. The fourth-order valence-corrected chi connectivity index (χ4v) is 2.30. The normalized spacial score (nSPS) is 20.5. The van der Waals surface area contributed by atoms with Crippen LogP contribution < -0.4 is 0 Å². The van der Waals surface area contributed by atoms with Crippen molar-refractivity contribution in [1.29, 1.82) is 0 Å². The predicted molar refractivity (Wildman–Crippen MR) is 75.8 cm³/mol. The molecule has 88 valence electrons. The van der Waals surface area contributed by atoms with Crippen molar-refractivity contribution < 1.29 is 0 Å². The Morgan fingerprint density at radius 1 is 0.706 bits per heavy atom. The van der Waals surface area contributed by atoms with Crippen LogP contribution in [0.3, 0.4) is 0 Å². The molecule has 0 fully saturated rings. The maximum absolute atomic E-state index is 2.32. The van der Waals surface area contributed by atoms with Gasteiger partial charge in [0.25, 0.3) is 0 Å². The number of rotatable bonds is 1. The summed E-state index contributed by atoms with van der Waals surface area (Å²) in [4.78, 5) is 0. The average molecular weight is 224 g/mol. The molecule has 0 amide bonds. The largest absolute Gasteiger partial charge is 0.0693 e. The highest BCUT2D eigenvalue weighted by molar-refractivity contribution is 5.49.